The van der Waals surface area contributed by atoms with Crippen LogP contribution in [0.5, 0.6) is 5.88 Å². The third-order valence-electron chi connectivity index (χ3n) is 5.52. The molecule has 0 bridgehead atoms. The van der Waals surface area contributed by atoms with E-state index in [1.165, 1.54) is 103 Å². The van der Waals surface area contributed by atoms with Crippen molar-refractivity contribution in [1.29, 1.82) is 0 Å². The molecule has 1 aromatic rings. The quantitative estimate of drug-likeness (QED) is 0.225. The number of hydrogen-bond acceptors (Lipinski definition) is 5. The predicted octanol–water partition coefficient (Wildman–Crippen LogP) is 7.13. The first-order valence-electron chi connectivity index (χ1n) is 12.2. The van der Waals surface area contributed by atoms with Gasteiger partial charge in [0.15, 0.2) is 0 Å². The number of unbranched alkanes of at least 4 members (excludes halogenated alkanes) is 16. The number of hydrogen-bond donors (Lipinski definition) is 2. The third-order valence-corrected chi connectivity index (χ3v) is 5.52. The second-order valence-corrected chi connectivity index (χ2v) is 8.24. The van der Waals surface area contributed by atoms with E-state index in [0.29, 0.717) is 5.88 Å². The Hall–Kier alpha value is -1.52. The molecule has 1 aromatic heterocycles. The highest BCUT2D eigenvalue weighted by Crippen LogP contribution is 2.15. The van der Waals surface area contributed by atoms with Gasteiger partial charge in [-0.05, 0) is 6.42 Å². The molecule has 3 N–H and O–H groups in total. The Balaban J connectivity index is 1.80. The average molecular weight is 407 g/mol. The summed E-state index contributed by atoms with van der Waals surface area (Å²) in [6, 6.07) is 1.78. The minimum absolute atomic E-state index is 0.245. The van der Waals surface area contributed by atoms with Crippen molar-refractivity contribution in [2.24, 2.45) is 0 Å². The molecule has 0 unspecified atom stereocenters. The molecule has 0 radical (unpaired) electrons. The zero-order valence-corrected chi connectivity index (χ0v) is 19.2. The van der Waals surface area contributed by atoms with Crippen molar-refractivity contribution in [3.05, 3.63) is 6.07 Å². The maximum absolute atomic E-state index is 5.66. The van der Waals surface area contributed by atoms with Crippen molar-refractivity contribution in [3.8, 4) is 5.88 Å². The van der Waals surface area contributed by atoms with Crippen LogP contribution in [0.4, 0.5) is 11.8 Å². The van der Waals surface area contributed by atoms with Crippen molar-refractivity contribution in [3.63, 3.8) is 0 Å². The lowest BCUT2D eigenvalue weighted by atomic mass is 10.0. The highest BCUT2D eigenvalue weighted by Gasteiger charge is 2.01. The summed E-state index contributed by atoms with van der Waals surface area (Å²) in [6.45, 7) is 3.20. The monoisotopic (exact) mass is 406 g/mol. The number of aromatic nitrogens is 2. The van der Waals surface area contributed by atoms with E-state index in [4.69, 9.17) is 10.5 Å². The zero-order valence-electron chi connectivity index (χ0n) is 19.2. The molecular weight excluding hydrogens is 360 g/mol. The van der Waals surface area contributed by atoms with Crippen molar-refractivity contribution in [2.45, 2.75) is 116 Å². The first-order valence-corrected chi connectivity index (χ1v) is 12.2. The van der Waals surface area contributed by atoms with Crippen LogP contribution in [0.2, 0.25) is 0 Å². The lowest BCUT2D eigenvalue weighted by Crippen LogP contribution is -2.06. The van der Waals surface area contributed by atoms with E-state index in [1.807, 2.05) is 0 Å². The summed E-state index contributed by atoms with van der Waals surface area (Å²) in [7, 11) is 1.59. The van der Waals surface area contributed by atoms with Gasteiger partial charge in [-0.3, -0.25) is 0 Å². The van der Waals surface area contributed by atoms with Crippen molar-refractivity contribution < 1.29 is 4.74 Å². The van der Waals surface area contributed by atoms with Crippen LogP contribution in [-0.2, 0) is 0 Å². The minimum atomic E-state index is 0.245. The van der Waals surface area contributed by atoms with Crippen LogP contribution in [0.1, 0.15) is 116 Å². The Morgan fingerprint density at radius 1 is 0.724 bits per heavy atom. The van der Waals surface area contributed by atoms with Gasteiger partial charge in [0, 0.05) is 12.6 Å². The van der Waals surface area contributed by atoms with Gasteiger partial charge in [-0.2, -0.15) is 9.97 Å². The summed E-state index contributed by atoms with van der Waals surface area (Å²) in [4.78, 5) is 8.16. The highest BCUT2D eigenvalue weighted by molar-refractivity contribution is 5.42. The van der Waals surface area contributed by atoms with Crippen LogP contribution in [0.25, 0.3) is 0 Å². The molecule has 1 heterocycles. The topological polar surface area (TPSA) is 73.1 Å². The Labute approximate surface area is 179 Å². The summed E-state index contributed by atoms with van der Waals surface area (Å²) in [5, 5.41) is 3.30. The van der Waals surface area contributed by atoms with Crippen LogP contribution in [-0.4, -0.2) is 23.6 Å². The maximum atomic E-state index is 5.66. The molecule has 0 atom stereocenters. The van der Waals surface area contributed by atoms with E-state index >= 15 is 0 Å². The molecule has 0 aliphatic carbocycles. The predicted molar refractivity (Wildman–Crippen MR) is 126 cm³/mol. The zero-order chi connectivity index (χ0) is 21.0. The fraction of sp³-hybridized carbons (Fsp3) is 0.833. The molecule has 0 saturated carbocycles. The van der Waals surface area contributed by atoms with Crippen molar-refractivity contribution in [2.75, 3.05) is 24.7 Å². The first-order chi connectivity index (χ1) is 14.3. The highest BCUT2D eigenvalue weighted by atomic mass is 16.5. The van der Waals surface area contributed by atoms with Gasteiger partial charge < -0.3 is 15.8 Å². The average Bonchev–Trinajstić information content (AvgIpc) is 2.72. The number of nitrogens with zero attached hydrogens (tertiary/aromatic N) is 2. The van der Waals surface area contributed by atoms with Gasteiger partial charge >= 0.3 is 0 Å². The lowest BCUT2D eigenvalue weighted by molar-refractivity contribution is 0.398. The number of ether oxygens (including phenoxy) is 1. The molecule has 0 spiro atoms. The number of rotatable bonds is 20. The Kier molecular flexibility index (Phi) is 16.3. The standard InChI is InChI=1S/C24H46N4O/c1-3-4-5-6-7-8-9-10-11-12-13-14-15-16-17-18-19-20-26-22-21-23(29-2)28-24(25)27-22/h21H,3-20H2,1-2H3,(H3,25,26,27,28). The Bertz CT molecular complexity index is 496. The summed E-state index contributed by atoms with van der Waals surface area (Å²) in [6.07, 6.45) is 23.7. The fourth-order valence-corrected chi connectivity index (χ4v) is 3.70. The summed E-state index contributed by atoms with van der Waals surface area (Å²) in [5.41, 5.74) is 5.66. The Morgan fingerprint density at radius 3 is 1.62 bits per heavy atom. The largest absolute Gasteiger partial charge is 0.481 e. The van der Waals surface area contributed by atoms with Crippen molar-refractivity contribution in [1.82, 2.24) is 9.97 Å². The maximum Gasteiger partial charge on any atom is 0.225 e. The molecule has 1 rings (SSSR count). The van der Waals surface area contributed by atoms with E-state index in [0.717, 1.165) is 18.8 Å². The number of nitrogen functional groups attached to an aromatic ring is 1. The van der Waals surface area contributed by atoms with E-state index in [1.54, 1.807) is 13.2 Å². The fourth-order valence-electron chi connectivity index (χ4n) is 3.70. The normalized spacial score (nSPS) is 11.0. The second-order valence-electron chi connectivity index (χ2n) is 8.24. The molecule has 0 aliphatic rings. The molecule has 5 nitrogen and oxygen atoms in total. The molecule has 168 valence electrons. The van der Waals surface area contributed by atoms with E-state index in [-0.39, 0.29) is 5.95 Å². The summed E-state index contributed by atoms with van der Waals surface area (Å²) < 4.78 is 5.10. The van der Waals surface area contributed by atoms with Gasteiger partial charge in [-0.15, -0.1) is 0 Å². The first kappa shape index (κ1) is 25.5. The summed E-state index contributed by atoms with van der Waals surface area (Å²) >= 11 is 0. The smallest absolute Gasteiger partial charge is 0.225 e. The van der Waals surface area contributed by atoms with Gasteiger partial charge in [0.05, 0.1) is 7.11 Å². The molecule has 0 amide bonds. The molecule has 0 saturated heterocycles. The number of anilines is 2. The van der Waals surface area contributed by atoms with Gasteiger partial charge in [-0.1, -0.05) is 110 Å². The number of nitrogens with one attached hydrogen (secondary N) is 1. The molecule has 5 heteroatoms. The van der Waals surface area contributed by atoms with E-state index in [9.17, 15) is 0 Å². The van der Waals surface area contributed by atoms with Gasteiger partial charge in [-0.25, -0.2) is 0 Å². The third kappa shape index (κ3) is 15.0. The number of nitrogens with two attached hydrogens (primary N) is 1. The van der Waals surface area contributed by atoms with Crippen LogP contribution in [0, 0.1) is 0 Å². The molecule has 29 heavy (non-hydrogen) atoms. The molecule has 0 aliphatic heterocycles. The summed E-state index contributed by atoms with van der Waals surface area (Å²) in [5.74, 6) is 1.49. The number of methoxy groups -OCH3 is 1. The SMILES string of the molecule is CCCCCCCCCCCCCCCCCCCNc1cc(OC)nc(N)n1. The van der Waals surface area contributed by atoms with Gasteiger partial charge in [0.25, 0.3) is 0 Å². The van der Waals surface area contributed by atoms with Crippen LogP contribution >= 0.6 is 0 Å². The van der Waals surface area contributed by atoms with Crippen molar-refractivity contribution >= 4 is 11.8 Å². The van der Waals surface area contributed by atoms with E-state index < -0.39 is 0 Å². The minimum Gasteiger partial charge on any atom is -0.481 e. The van der Waals surface area contributed by atoms with Crippen LogP contribution < -0.4 is 15.8 Å². The van der Waals surface area contributed by atoms with Crippen LogP contribution in [0.15, 0.2) is 6.07 Å². The van der Waals surface area contributed by atoms with Gasteiger partial charge in [0.1, 0.15) is 5.82 Å². The molecule has 0 aromatic carbocycles. The molecule has 0 fully saturated rings. The van der Waals surface area contributed by atoms with Gasteiger partial charge in [0.2, 0.25) is 11.8 Å². The lowest BCUT2D eigenvalue weighted by Gasteiger charge is -2.07. The second kappa shape index (κ2) is 18.5. The van der Waals surface area contributed by atoms with E-state index in [2.05, 4.69) is 22.2 Å². The van der Waals surface area contributed by atoms with Crippen LogP contribution in [0.3, 0.4) is 0 Å². The molecular formula is C24H46N4O. The Morgan fingerprint density at radius 2 is 1.17 bits per heavy atom.